The van der Waals surface area contributed by atoms with E-state index in [1.165, 1.54) is 0 Å². The standard InChI is InChI=1S/C10H14O2/c11-8-4-5-9-7(6-8)2-1-3-10(9)12/h7,9H,1-6H2. The molecule has 2 fully saturated rings. The summed E-state index contributed by atoms with van der Waals surface area (Å²) in [5.74, 6) is 1.44. The molecule has 2 aliphatic carbocycles. The number of hydrogen-bond acceptors (Lipinski definition) is 2. The van der Waals surface area contributed by atoms with Crippen molar-refractivity contribution in [2.24, 2.45) is 11.8 Å². The van der Waals surface area contributed by atoms with Crippen molar-refractivity contribution in [3.8, 4) is 0 Å². The van der Waals surface area contributed by atoms with Crippen LogP contribution in [0.25, 0.3) is 0 Å². The second kappa shape index (κ2) is 3.00. The molecule has 0 aromatic heterocycles. The van der Waals surface area contributed by atoms with Gasteiger partial charge in [-0.2, -0.15) is 0 Å². The zero-order valence-electron chi connectivity index (χ0n) is 7.21. The lowest BCUT2D eigenvalue weighted by molar-refractivity contribution is -0.132. The Balaban J connectivity index is 2.09. The number of rotatable bonds is 0. The topological polar surface area (TPSA) is 34.1 Å². The van der Waals surface area contributed by atoms with E-state index >= 15 is 0 Å². The monoisotopic (exact) mass is 166 g/mol. The normalized spacial score (nSPS) is 36.3. The number of carbonyl (C=O) groups excluding carboxylic acids is 2. The summed E-state index contributed by atoms with van der Waals surface area (Å²) in [5.41, 5.74) is 0. The molecular formula is C10H14O2. The summed E-state index contributed by atoms with van der Waals surface area (Å²) in [7, 11) is 0. The largest absolute Gasteiger partial charge is 0.300 e. The Morgan fingerprint density at radius 2 is 1.92 bits per heavy atom. The Bertz CT molecular complexity index is 220. The molecule has 2 rings (SSSR count). The van der Waals surface area contributed by atoms with Gasteiger partial charge in [0, 0.05) is 25.2 Å². The number of fused-ring (bicyclic) bond motifs is 1. The van der Waals surface area contributed by atoms with Crippen molar-refractivity contribution in [3.63, 3.8) is 0 Å². The van der Waals surface area contributed by atoms with Crippen molar-refractivity contribution in [2.75, 3.05) is 0 Å². The average Bonchev–Trinajstić information content (AvgIpc) is 2.04. The van der Waals surface area contributed by atoms with E-state index in [4.69, 9.17) is 0 Å². The number of carbonyl (C=O) groups is 2. The van der Waals surface area contributed by atoms with Gasteiger partial charge in [0.2, 0.25) is 0 Å². The van der Waals surface area contributed by atoms with Crippen LogP contribution in [0.4, 0.5) is 0 Å². The fraction of sp³-hybridized carbons (Fsp3) is 0.800. The van der Waals surface area contributed by atoms with Crippen molar-refractivity contribution < 1.29 is 9.59 Å². The van der Waals surface area contributed by atoms with Gasteiger partial charge in [-0.05, 0) is 25.2 Å². The molecule has 0 amide bonds. The predicted octanol–water partition coefficient (Wildman–Crippen LogP) is 1.72. The van der Waals surface area contributed by atoms with Crippen LogP contribution in [0.1, 0.15) is 38.5 Å². The van der Waals surface area contributed by atoms with Crippen LogP contribution in [0, 0.1) is 11.8 Å². The van der Waals surface area contributed by atoms with E-state index in [0.29, 0.717) is 30.3 Å². The van der Waals surface area contributed by atoms with Gasteiger partial charge in [0.05, 0.1) is 0 Å². The highest BCUT2D eigenvalue weighted by molar-refractivity contribution is 5.86. The molecule has 0 spiro atoms. The van der Waals surface area contributed by atoms with Crippen LogP contribution in [-0.2, 0) is 9.59 Å². The maximum absolute atomic E-state index is 11.4. The molecule has 2 unspecified atom stereocenters. The van der Waals surface area contributed by atoms with Crippen LogP contribution in [0.2, 0.25) is 0 Å². The van der Waals surface area contributed by atoms with Gasteiger partial charge in [0.15, 0.2) is 0 Å². The van der Waals surface area contributed by atoms with Gasteiger partial charge in [-0.15, -0.1) is 0 Å². The first-order valence-electron chi connectivity index (χ1n) is 4.82. The van der Waals surface area contributed by atoms with Crippen molar-refractivity contribution in [2.45, 2.75) is 38.5 Å². The maximum Gasteiger partial charge on any atom is 0.136 e. The molecule has 2 aliphatic rings. The summed E-state index contributed by atoms with van der Waals surface area (Å²) in [6.45, 7) is 0. The zero-order chi connectivity index (χ0) is 8.55. The van der Waals surface area contributed by atoms with E-state index in [1.807, 2.05) is 0 Å². The number of ketones is 2. The molecule has 2 atom stereocenters. The Kier molecular flexibility index (Phi) is 1.99. The van der Waals surface area contributed by atoms with Gasteiger partial charge in [-0.1, -0.05) is 0 Å². The lowest BCUT2D eigenvalue weighted by atomic mass is 9.70. The first kappa shape index (κ1) is 7.96. The summed E-state index contributed by atoms with van der Waals surface area (Å²) in [6.07, 6.45) is 5.02. The van der Waals surface area contributed by atoms with Crippen LogP contribution in [0.3, 0.4) is 0 Å². The van der Waals surface area contributed by atoms with E-state index in [9.17, 15) is 9.59 Å². The predicted molar refractivity (Wildman–Crippen MR) is 44.7 cm³/mol. The minimum Gasteiger partial charge on any atom is -0.300 e. The maximum atomic E-state index is 11.4. The molecule has 12 heavy (non-hydrogen) atoms. The molecule has 0 radical (unpaired) electrons. The summed E-state index contributed by atoms with van der Waals surface area (Å²) in [6, 6.07) is 0. The Labute approximate surface area is 72.3 Å². The van der Waals surface area contributed by atoms with Crippen LogP contribution in [0.5, 0.6) is 0 Å². The Morgan fingerprint density at radius 3 is 2.75 bits per heavy atom. The minimum absolute atomic E-state index is 0.247. The molecular weight excluding hydrogens is 152 g/mol. The van der Waals surface area contributed by atoms with E-state index in [0.717, 1.165) is 25.7 Å². The van der Waals surface area contributed by atoms with Gasteiger partial charge < -0.3 is 0 Å². The molecule has 0 bridgehead atoms. The summed E-state index contributed by atoms with van der Waals surface area (Å²) >= 11 is 0. The Morgan fingerprint density at radius 1 is 1.08 bits per heavy atom. The molecule has 0 aliphatic heterocycles. The first-order chi connectivity index (χ1) is 5.77. The first-order valence-corrected chi connectivity index (χ1v) is 4.82. The second-order valence-electron chi connectivity index (χ2n) is 4.01. The highest BCUT2D eigenvalue weighted by atomic mass is 16.1. The van der Waals surface area contributed by atoms with Gasteiger partial charge >= 0.3 is 0 Å². The molecule has 66 valence electrons. The Hall–Kier alpha value is -0.660. The third kappa shape index (κ3) is 1.30. The smallest absolute Gasteiger partial charge is 0.136 e. The number of Topliss-reactive ketones (excluding diaryl/α,β-unsaturated/α-hetero) is 2. The molecule has 0 aromatic rings. The van der Waals surface area contributed by atoms with Crippen molar-refractivity contribution in [1.82, 2.24) is 0 Å². The summed E-state index contributed by atoms with van der Waals surface area (Å²) < 4.78 is 0. The minimum atomic E-state index is 0.247. The summed E-state index contributed by atoms with van der Waals surface area (Å²) in [5, 5.41) is 0. The average molecular weight is 166 g/mol. The highest BCUT2D eigenvalue weighted by Crippen LogP contribution is 2.36. The van der Waals surface area contributed by atoms with Crippen molar-refractivity contribution >= 4 is 11.6 Å². The zero-order valence-corrected chi connectivity index (χ0v) is 7.21. The van der Waals surface area contributed by atoms with E-state index in [1.54, 1.807) is 0 Å². The highest BCUT2D eigenvalue weighted by Gasteiger charge is 2.36. The van der Waals surface area contributed by atoms with E-state index in [2.05, 4.69) is 0 Å². The number of hydrogen-bond donors (Lipinski definition) is 0. The summed E-state index contributed by atoms with van der Waals surface area (Å²) in [4.78, 5) is 22.5. The molecule has 2 heteroatoms. The molecule has 0 N–H and O–H groups in total. The van der Waals surface area contributed by atoms with E-state index in [-0.39, 0.29) is 5.92 Å². The third-order valence-corrected chi connectivity index (χ3v) is 3.20. The fourth-order valence-corrected chi connectivity index (χ4v) is 2.54. The van der Waals surface area contributed by atoms with Crippen molar-refractivity contribution in [3.05, 3.63) is 0 Å². The quantitative estimate of drug-likeness (QED) is 0.549. The van der Waals surface area contributed by atoms with E-state index < -0.39 is 0 Å². The molecule has 0 heterocycles. The van der Waals surface area contributed by atoms with Crippen LogP contribution >= 0.6 is 0 Å². The molecule has 2 saturated carbocycles. The van der Waals surface area contributed by atoms with Crippen LogP contribution in [0.15, 0.2) is 0 Å². The van der Waals surface area contributed by atoms with Crippen LogP contribution < -0.4 is 0 Å². The fourth-order valence-electron chi connectivity index (χ4n) is 2.54. The lowest BCUT2D eigenvalue weighted by Gasteiger charge is -2.33. The van der Waals surface area contributed by atoms with Crippen LogP contribution in [-0.4, -0.2) is 11.6 Å². The second-order valence-corrected chi connectivity index (χ2v) is 4.01. The molecule has 0 saturated heterocycles. The molecule has 2 nitrogen and oxygen atoms in total. The molecule has 0 aromatic carbocycles. The van der Waals surface area contributed by atoms with Gasteiger partial charge in [-0.3, -0.25) is 9.59 Å². The SMILES string of the molecule is O=C1CCC2C(=O)CCCC2C1. The third-order valence-electron chi connectivity index (χ3n) is 3.20. The van der Waals surface area contributed by atoms with Gasteiger partial charge in [-0.25, -0.2) is 0 Å². The van der Waals surface area contributed by atoms with Crippen molar-refractivity contribution in [1.29, 1.82) is 0 Å². The lowest BCUT2D eigenvalue weighted by Crippen LogP contribution is -2.34. The van der Waals surface area contributed by atoms with Gasteiger partial charge in [0.1, 0.15) is 11.6 Å². The van der Waals surface area contributed by atoms with Gasteiger partial charge in [0.25, 0.3) is 0 Å².